The van der Waals surface area contributed by atoms with Crippen molar-refractivity contribution in [2.75, 3.05) is 40.4 Å². The second kappa shape index (κ2) is 9.20. The molecule has 2 rings (SSSR count). The highest BCUT2D eigenvalue weighted by Gasteiger charge is 2.32. The van der Waals surface area contributed by atoms with Gasteiger partial charge in [-0.1, -0.05) is 0 Å². The zero-order chi connectivity index (χ0) is 19.2. The SMILES string of the molecule is COc1ccc(S(=O)(=O)N2CCC(C(=O)NCCCN)CC2)cc1OC. The molecule has 1 amide bonds. The van der Waals surface area contributed by atoms with Crippen LogP contribution in [-0.2, 0) is 14.8 Å². The van der Waals surface area contributed by atoms with Crippen molar-refractivity contribution in [2.45, 2.75) is 24.2 Å². The molecule has 0 unspecified atom stereocenters. The highest BCUT2D eigenvalue weighted by molar-refractivity contribution is 7.89. The smallest absolute Gasteiger partial charge is 0.243 e. The van der Waals surface area contributed by atoms with Crippen LogP contribution in [0.2, 0.25) is 0 Å². The van der Waals surface area contributed by atoms with Crippen molar-refractivity contribution >= 4 is 15.9 Å². The van der Waals surface area contributed by atoms with Crippen molar-refractivity contribution in [3.63, 3.8) is 0 Å². The molecule has 9 heteroatoms. The molecule has 0 aromatic heterocycles. The fourth-order valence-electron chi connectivity index (χ4n) is 2.94. The number of sulfonamides is 1. The van der Waals surface area contributed by atoms with E-state index in [1.54, 1.807) is 6.07 Å². The predicted octanol–water partition coefficient (Wildman–Crippen LogP) is 0.570. The van der Waals surface area contributed by atoms with Crippen molar-refractivity contribution < 1.29 is 22.7 Å². The molecule has 0 bridgehead atoms. The third-order valence-electron chi connectivity index (χ3n) is 4.50. The minimum Gasteiger partial charge on any atom is -0.493 e. The standard InChI is InChI=1S/C17H27N3O5S/c1-24-15-5-4-14(12-16(15)25-2)26(22,23)20-10-6-13(7-11-20)17(21)19-9-3-8-18/h4-5,12-13H,3,6-11,18H2,1-2H3,(H,19,21). The minimum absolute atomic E-state index is 0.0263. The molecule has 1 fully saturated rings. The molecule has 0 spiro atoms. The summed E-state index contributed by atoms with van der Waals surface area (Å²) in [5.41, 5.74) is 5.41. The van der Waals surface area contributed by atoms with Gasteiger partial charge in [0.1, 0.15) is 0 Å². The van der Waals surface area contributed by atoms with Gasteiger partial charge in [-0.05, 0) is 37.9 Å². The van der Waals surface area contributed by atoms with Crippen LogP contribution >= 0.6 is 0 Å². The van der Waals surface area contributed by atoms with Crippen LogP contribution in [0.25, 0.3) is 0 Å². The Morgan fingerprint density at radius 3 is 2.46 bits per heavy atom. The van der Waals surface area contributed by atoms with Crippen molar-refractivity contribution in [1.82, 2.24) is 9.62 Å². The van der Waals surface area contributed by atoms with E-state index in [1.807, 2.05) is 0 Å². The lowest BCUT2D eigenvalue weighted by Gasteiger charge is -2.30. The number of nitrogens with two attached hydrogens (primary N) is 1. The summed E-state index contributed by atoms with van der Waals surface area (Å²) in [7, 11) is -0.683. The van der Waals surface area contributed by atoms with Crippen LogP contribution in [0.5, 0.6) is 11.5 Å². The highest BCUT2D eigenvalue weighted by atomic mass is 32.2. The topological polar surface area (TPSA) is 111 Å². The van der Waals surface area contributed by atoms with Crippen LogP contribution < -0.4 is 20.5 Å². The molecule has 1 aromatic carbocycles. The van der Waals surface area contributed by atoms with E-state index in [0.717, 1.165) is 6.42 Å². The molecule has 0 saturated carbocycles. The van der Waals surface area contributed by atoms with Crippen LogP contribution in [-0.4, -0.2) is 59.0 Å². The van der Waals surface area contributed by atoms with Gasteiger partial charge in [0.2, 0.25) is 15.9 Å². The minimum atomic E-state index is -3.64. The molecule has 26 heavy (non-hydrogen) atoms. The molecule has 3 N–H and O–H groups in total. The summed E-state index contributed by atoms with van der Waals surface area (Å²) in [6.07, 6.45) is 1.74. The first-order valence-electron chi connectivity index (χ1n) is 8.64. The number of piperidine rings is 1. The van der Waals surface area contributed by atoms with Crippen LogP contribution in [0.4, 0.5) is 0 Å². The van der Waals surface area contributed by atoms with Crippen LogP contribution in [0.3, 0.4) is 0 Å². The summed E-state index contributed by atoms with van der Waals surface area (Å²) in [6.45, 7) is 1.71. The number of carbonyl (C=O) groups is 1. The summed E-state index contributed by atoms with van der Waals surface area (Å²) in [4.78, 5) is 12.3. The Hall–Kier alpha value is -1.84. The second-order valence-corrected chi connectivity index (χ2v) is 8.07. The van der Waals surface area contributed by atoms with Gasteiger partial charge < -0.3 is 20.5 Å². The lowest BCUT2D eigenvalue weighted by atomic mass is 9.97. The maximum atomic E-state index is 12.9. The Balaban J connectivity index is 2.02. The zero-order valence-corrected chi connectivity index (χ0v) is 16.0. The first-order chi connectivity index (χ1) is 12.4. The second-order valence-electron chi connectivity index (χ2n) is 6.13. The third-order valence-corrected chi connectivity index (χ3v) is 6.39. The average molecular weight is 385 g/mol. The van der Waals surface area contributed by atoms with Gasteiger partial charge >= 0.3 is 0 Å². The largest absolute Gasteiger partial charge is 0.493 e. The quantitative estimate of drug-likeness (QED) is 0.633. The van der Waals surface area contributed by atoms with Gasteiger partial charge in [0.25, 0.3) is 0 Å². The van der Waals surface area contributed by atoms with E-state index in [4.69, 9.17) is 15.2 Å². The van der Waals surface area contributed by atoms with E-state index in [-0.39, 0.29) is 16.7 Å². The number of nitrogens with one attached hydrogen (secondary N) is 1. The van der Waals surface area contributed by atoms with E-state index in [0.29, 0.717) is 50.5 Å². The number of ether oxygens (including phenoxy) is 2. The number of hydrogen-bond acceptors (Lipinski definition) is 6. The number of amides is 1. The van der Waals surface area contributed by atoms with E-state index >= 15 is 0 Å². The van der Waals surface area contributed by atoms with Crippen molar-refractivity contribution in [1.29, 1.82) is 0 Å². The van der Waals surface area contributed by atoms with Crippen LogP contribution in [0, 0.1) is 5.92 Å². The Bertz CT molecular complexity index is 715. The fraction of sp³-hybridized carbons (Fsp3) is 0.588. The number of nitrogens with zero attached hydrogens (tertiary/aromatic N) is 1. The Labute approximate surface area is 154 Å². The van der Waals surface area contributed by atoms with E-state index in [1.165, 1.54) is 30.7 Å². The summed E-state index contributed by atoms with van der Waals surface area (Å²) >= 11 is 0. The van der Waals surface area contributed by atoms with Crippen molar-refractivity contribution in [2.24, 2.45) is 11.7 Å². The molecule has 146 valence electrons. The summed E-state index contributed by atoms with van der Waals surface area (Å²) in [5, 5.41) is 2.85. The number of carbonyl (C=O) groups excluding carboxylic acids is 1. The fourth-order valence-corrected chi connectivity index (χ4v) is 4.43. The van der Waals surface area contributed by atoms with Crippen molar-refractivity contribution in [3.05, 3.63) is 18.2 Å². The maximum absolute atomic E-state index is 12.9. The molecule has 0 radical (unpaired) electrons. The molecular weight excluding hydrogens is 358 g/mol. The molecule has 0 aliphatic carbocycles. The van der Waals surface area contributed by atoms with Gasteiger partial charge in [-0.3, -0.25) is 4.79 Å². The number of methoxy groups -OCH3 is 2. The predicted molar refractivity (Wildman–Crippen MR) is 97.7 cm³/mol. The third kappa shape index (κ3) is 4.66. The molecular formula is C17H27N3O5S. The van der Waals surface area contributed by atoms with Gasteiger partial charge in [0.15, 0.2) is 11.5 Å². The van der Waals surface area contributed by atoms with E-state index < -0.39 is 10.0 Å². The molecule has 1 aliphatic heterocycles. The maximum Gasteiger partial charge on any atom is 0.243 e. The molecule has 1 aromatic rings. The summed E-state index contributed by atoms with van der Waals surface area (Å²) in [5.74, 6) is 0.647. The van der Waals surface area contributed by atoms with E-state index in [2.05, 4.69) is 5.32 Å². The first kappa shape index (κ1) is 20.5. The average Bonchev–Trinajstić information content (AvgIpc) is 2.67. The highest BCUT2D eigenvalue weighted by Crippen LogP contribution is 2.31. The Morgan fingerprint density at radius 2 is 1.88 bits per heavy atom. The van der Waals surface area contributed by atoms with Crippen LogP contribution in [0.15, 0.2) is 23.1 Å². The molecule has 1 saturated heterocycles. The number of benzene rings is 1. The van der Waals surface area contributed by atoms with Crippen LogP contribution in [0.1, 0.15) is 19.3 Å². The Kier molecular flexibility index (Phi) is 7.24. The van der Waals surface area contributed by atoms with Crippen molar-refractivity contribution in [3.8, 4) is 11.5 Å². The number of hydrogen-bond donors (Lipinski definition) is 2. The molecule has 8 nitrogen and oxygen atoms in total. The van der Waals surface area contributed by atoms with E-state index in [9.17, 15) is 13.2 Å². The lowest BCUT2D eigenvalue weighted by molar-refractivity contribution is -0.126. The van der Waals surface area contributed by atoms with Gasteiger partial charge in [-0.2, -0.15) is 4.31 Å². The van der Waals surface area contributed by atoms with Gasteiger partial charge in [0.05, 0.1) is 19.1 Å². The molecule has 1 aliphatic rings. The normalized spacial score (nSPS) is 16.3. The zero-order valence-electron chi connectivity index (χ0n) is 15.2. The first-order valence-corrected chi connectivity index (χ1v) is 10.1. The van der Waals surface area contributed by atoms with Gasteiger partial charge in [0, 0.05) is 31.6 Å². The summed E-state index contributed by atoms with van der Waals surface area (Å²) in [6, 6.07) is 4.53. The summed E-state index contributed by atoms with van der Waals surface area (Å²) < 4.78 is 37.5. The molecule has 0 atom stereocenters. The lowest BCUT2D eigenvalue weighted by Crippen LogP contribution is -2.43. The van der Waals surface area contributed by atoms with Gasteiger partial charge in [-0.25, -0.2) is 8.42 Å². The Morgan fingerprint density at radius 1 is 1.23 bits per heavy atom. The monoisotopic (exact) mass is 385 g/mol. The number of rotatable bonds is 8. The molecule has 1 heterocycles. The van der Waals surface area contributed by atoms with Gasteiger partial charge in [-0.15, -0.1) is 0 Å².